The number of carbonyl (C=O) groups is 2. The van der Waals surface area contributed by atoms with Gasteiger partial charge in [0, 0.05) is 5.56 Å². The second kappa shape index (κ2) is 7.11. The summed E-state index contributed by atoms with van der Waals surface area (Å²) in [4.78, 5) is 23.4. The minimum absolute atomic E-state index is 0.186. The Kier molecular flexibility index (Phi) is 5.76. The molecule has 0 aliphatic heterocycles. The Hall–Kier alpha value is -2.04. The van der Waals surface area contributed by atoms with E-state index in [0.29, 0.717) is 12.0 Å². The number of carboxylic acids is 1. The maximum Gasteiger partial charge on any atom is 0.326 e. The number of aliphatic carboxylic acids is 1. The molecule has 21 heavy (non-hydrogen) atoms. The first-order valence-corrected chi connectivity index (χ1v) is 6.95. The molecule has 0 heterocycles. The van der Waals surface area contributed by atoms with Gasteiger partial charge in [-0.25, -0.2) is 4.79 Å². The Morgan fingerprint density at radius 3 is 2.14 bits per heavy atom. The van der Waals surface area contributed by atoms with E-state index < -0.39 is 12.0 Å². The second-order valence-corrected chi connectivity index (χ2v) is 5.64. The third-order valence-corrected chi connectivity index (χ3v) is 3.24. The number of hydrogen-bond acceptors (Lipinski definition) is 3. The highest BCUT2D eigenvalue weighted by molar-refractivity contribution is 5.97. The van der Waals surface area contributed by atoms with Crippen molar-refractivity contribution in [3.8, 4) is 5.75 Å². The summed E-state index contributed by atoms with van der Waals surface area (Å²) >= 11 is 0. The van der Waals surface area contributed by atoms with Crippen LogP contribution in [0.4, 0.5) is 0 Å². The Bertz CT molecular complexity index is 514. The quantitative estimate of drug-likeness (QED) is 0.845. The van der Waals surface area contributed by atoms with Crippen LogP contribution in [0.2, 0.25) is 0 Å². The molecule has 1 aromatic carbocycles. The number of aryl methyl sites for hydroxylation is 2. The van der Waals surface area contributed by atoms with E-state index in [2.05, 4.69) is 5.32 Å². The van der Waals surface area contributed by atoms with E-state index in [4.69, 9.17) is 4.74 Å². The predicted octanol–water partition coefficient (Wildman–Crippen LogP) is 2.54. The molecule has 1 unspecified atom stereocenters. The van der Waals surface area contributed by atoms with Gasteiger partial charge < -0.3 is 15.2 Å². The molecule has 0 saturated carbocycles. The molecule has 5 heteroatoms. The van der Waals surface area contributed by atoms with Crippen molar-refractivity contribution in [2.24, 2.45) is 5.92 Å². The van der Waals surface area contributed by atoms with Gasteiger partial charge in [-0.2, -0.15) is 0 Å². The molecule has 0 aromatic heterocycles. The highest BCUT2D eigenvalue weighted by Gasteiger charge is 2.22. The minimum atomic E-state index is -1.01. The molecule has 1 atom stereocenters. The summed E-state index contributed by atoms with van der Waals surface area (Å²) in [5, 5.41) is 11.8. The first kappa shape index (κ1) is 17.0. The van der Waals surface area contributed by atoms with E-state index in [-0.39, 0.29) is 11.8 Å². The van der Waals surface area contributed by atoms with E-state index in [9.17, 15) is 14.7 Å². The third-order valence-electron chi connectivity index (χ3n) is 3.24. The monoisotopic (exact) mass is 293 g/mol. The van der Waals surface area contributed by atoms with Gasteiger partial charge in [0.05, 0.1) is 7.11 Å². The zero-order chi connectivity index (χ0) is 16.2. The summed E-state index contributed by atoms with van der Waals surface area (Å²) < 4.78 is 5.26. The number of ether oxygens (including phenoxy) is 1. The number of carboxylic acid groups (broad SMARTS) is 1. The van der Waals surface area contributed by atoms with Gasteiger partial charge in [-0.05, 0) is 49.4 Å². The summed E-state index contributed by atoms with van der Waals surface area (Å²) in [5.41, 5.74) is 2.14. The predicted molar refractivity (Wildman–Crippen MR) is 80.8 cm³/mol. The Labute approximate surface area is 125 Å². The van der Waals surface area contributed by atoms with Crippen LogP contribution in [0.15, 0.2) is 12.1 Å². The van der Waals surface area contributed by atoms with Crippen molar-refractivity contribution in [2.45, 2.75) is 40.2 Å². The summed E-state index contributed by atoms with van der Waals surface area (Å²) in [5.74, 6) is -0.467. The fraction of sp³-hybridized carbons (Fsp3) is 0.500. The molecule has 1 rings (SSSR count). The largest absolute Gasteiger partial charge is 0.496 e. The fourth-order valence-electron chi connectivity index (χ4n) is 2.34. The average Bonchev–Trinajstić information content (AvgIpc) is 2.36. The lowest BCUT2D eigenvalue weighted by Crippen LogP contribution is -2.41. The van der Waals surface area contributed by atoms with Crippen molar-refractivity contribution in [1.29, 1.82) is 0 Å². The SMILES string of the molecule is COc1c(C)cc(C(=O)NC(CC(C)C)C(=O)O)cc1C. The fourth-order valence-corrected chi connectivity index (χ4v) is 2.34. The van der Waals surface area contributed by atoms with Crippen LogP contribution in [0.1, 0.15) is 41.8 Å². The molecule has 116 valence electrons. The van der Waals surface area contributed by atoms with E-state index in [1.165, 1.54) is 0 Å². The van der Waals surface area contributed by atoms with E-state index >= 15 is 0 Å². The van der Waals surface area contributed by atoms with Gasteiger partial charge in [0.25, 0.3) is 5.91 Å². The zero-order valence-electron chi connectivity index (χ0n) is 13.2. The Balaban J connectivity index is 2.95. The number of amides is 1. The lowest BCUT2D eigenvalue weighted by atomic mass is 10.0. The molecule has 1 aromatic rings. The standard InChI is InChI=1S/C16H23NO4/c1-9(2)6-13(16(19)20)17-15(18)12-7-10(3)14(21-5)11(4)8-12/h7-9,13H,6H2,1-5H3,(H,17,18)(H,19,20). The first-order chi connectivity index (χ1) is 9.76. The number of benzene rings is 1. The van der Waals surface area contributed by atoms with Crippen LogP contribution in [-0.4, -0.2) is 30.1 Å². The molecule has 0 radical (unpaired) electrons. The number of rotatable bonds is 6. The summed E-state index contributed by atoms with van der Waals surface area (Å²) in [6.45, 7) is 7.55. The van der Waals surface area contributed by atoms with Gasteiger partial charge in [0.2, 0.25) is 0 Å². The molecular formula is C16H23NO4. The van der Waals surface area contributed by atoms with Gasteiger partial charge in [-0.15, -0.1) is 0 Å². The second-order valence-electron chi connectivity index (χ2n) is 5.64. The molecule has 0 aliphatic rings. The van der Waals surface area contributed by atoms with Crippen LogP contribution in [0.5, 0.6) is 5.75 Å². The van der Waals surface area contributed by atoms with E-state index in [1.807, 2.05) is 27.7 Å². The third kappa shape index (κ3) is 4.48. The highest BCUT2D eigenvalue weighted by atomic mass is 16.5. The van der Waals surface area contributed by atoms with Gasteiger partial charge in [-0.1, -0.05) is 13.8 Å². The zero-order valence-corrected chi connectivity index (χ0v) is 13.2. The molecular weight excluding hydrogens is 270 g/mol. The van der Waals surface area contributed by atoms with Crippen LogP contribution in [0.25, 0.3) is 0 Å². The van der Waals surface area contributed by atoms with E-state index in [0.717, 1.165) is 16.9 Å². The molecule has 0 spiro atoms. The summed E-state index contributed by atoms with van der Waals surface area (Å²) in [6.07, 6.45) is 0.398. The van der Waals surface area contributed by atoms with Crippen LogP contribution >= 0.6 is 0 Å². The van der Waals surface area contributed by atoms with Gasteiger partial charge in [0.15, 0.2) is 0 Å². The van der Waals surface area contributed by atoms with Crippen molar-refractivity contribution < 1.29 is 19.4 Å². The molecule has 0 saturated heterocycles. The lowest BCUT2D eigenvalue weighted by molar-refractivity contribution is -0.139. The average molecular weight is 293 g/mol. The topological polar surface area (TPSA) is 75.6 Å². The van der Waals surface area contributed by atoms with Crippen LogP contribution < -0.4 is 10.1 Å². The number of methoxy groups -OCH3 is 1. The van der Waals surface area contributed by atoms with Crippen LogP contribution in [-0.2, 0) is 4.79 Å². The van der Waals surface area contributed by atoms with Crippen molar-refractivity contribution in [3.05, 3.63) is 28.8 Å². The number of carbonyl (C=O) groups excluding carboxylic acids is 1. The van der Waals surface area contributed by atoms with Gasteiger partial charge in [-0.3, -0.25) is 4.79 Å². The lowest BCUT2D eigenvalue weighted by Gasteiger charge is -2.17. The number of nitrogens with one attached hydrogen (secondary N) is 1. The highest BCUT2D eigenvalue weighted by Crippen LogP contribution is 2.24. The molecule has 1 amide bonds. The molecule has 0 aliphatic carbocycles. The van der Waals surface area contributed by atoms with Crippen molar-refractivity contribution in [1.82, 2.24) is 5.32 Å². The maximum absolute atomic E-state index is 12.2. The minimum Gasteiger partial charge on any atom is -0.496 e. The van der Waals surface area contributed by atoms with Gasteiger partial charge >= 0.3 is 5.97 Å². The molecule has 2 N–H and O–H groups in total. The van der Waals surface area contributed by atoms with Crippen LogP contribution in [0, 0.1) is 19.8 Å². The molecule has 5 nitrogen and oxygen atoms in total. The Morgan fingerprint density at radius 1 is 1.24 bits per heavy atom. The first-order valence-electron chi connectivity index (χ1n) is 6.95. The van der Waals surface area contributed by atoms with Crippen molar-refractivity contribution in [2.75, 3.05) is 7.11 Å². The van der Waals surface area contributed by atoms with Gasteiger partial charge in [0.1, 0.15) is 11.8 Å². The van der Waals surface area contributed by atoms with Crippen LogP contribution in [0.3, 0.4) is 0 Å². The van der Waals surface area contributed by atoms with Crippen molar-refractivity contribution >= 4 is 11.9 Å². The molecule has 0 fully saturated rings. The molecule has 0 bridgehead atoms. The number of hydrogen-bond donors (Lipinski definition) is 2. The Morgan fingerprint density at radius 2 is 1.76 bits per heavy atom. The summed E-state index contributed by atoms with van der Waals surface area (Å²) in [7, 11) is 1.58. The normalized spacial score (nSPS) is 12.1. The van der Waals surface area contributed by atoms with E-state index in [1.54, 1.807) is 19.2 Å². The van der Waals surface area contributed by atoms with Crippen molar-refractivity contribution in [3.63, 3.8) is 0 Å². The maximum atomic E-state index is 12.2. The smallest absolute Gasteiger partial charge is 0.326 e. The summed E-state index contributed by atoms with van der Waals surface area (Å²) in [6, 6.07) is 2.53.